The maximum Gasteiger partial charge on any atom is 0.253 e. The Morgan fingerprint density at radius 1 is 1.27 bits per heavy atom. The van der Waals surface area contributed by atoms with Gasteiger partial charge in [-0.1, -0.05) is 18.2 Å². The van der Waals surface area contributed by atoms with Gasteiger partial charge in [-0.15, -0.1) is 11.3 Å². The zero-order chi connectivity index (χ0) is 18.6. The number of ether oxygens (including phenoxy) is 1. The lowest BCUT2D eigenvalue weighted by atomic mass is 10.0. The van der Waals surface area contributed by atoms with Gasteiger partial charge >= 0.3 is 0 Å². The third kappa shape index (κ3) is 4.50. The number of hydrogen-bond donors (Lipinski definition) is 1. The SMILES string of the molecule is COCc1cccc(C(=O)N2CCC(NS(=O)(=O)c3cccs3)CC2)c1. The molecule has 0 spiro atoms. The Morgan fingerprint density at radius 3 is 2.69 bits per heavy atom. The molecule has 26 heavy (non-hydrogen) atoms. The lowest BCUT2D eigenvalue weighted by molar-refractivity contribution is 0.0711. The Balaban J connectivity index is 1.58. The molecule has 0 unspecified atom stereocenters. The predicted octanol–water partition coefficient (Wildman–Crippen LogP) is 2.48. The molecule has 1 saturated heterocycles. The molecule has 0 radical (unpaired) electrons. The monoisotopic (exact) mass is 394 g/mol. The zero-order valence-corrected chi connectivity index (χ0v) is 16.2. The molecule has 1 amide bonds. The van der Waals surface area contributed by atoms with Gasteiger partial charge in [0, 0.05) is 31.8 Å². The lowest BCUT2D eigenvalue weighted by Crippen LogP contribution is -2.46. The number of methoxy groups -OCH3 is 1. The highest BCUT2D eigenvalue weighted by molar-refractivity contribution is 7.91. The first-order valence-electron chi connectivity index (χ1n) is 8.42. The summed E-state index contributed by atoms with van der Waals surface area (Å²) in [7, 11) is -1.85. The van der Waals surface area contributed by atoms with E-state index in [1.807, 2.05) is 18.2 Å². The third-order valence-corrected chi connectivity index (χ3v) is 7.27. The van der Waals surface area contributed by atoms with Crippen LogP contribution in [0.15, 0.2) is 46.0 Å². The van der Waals surface area contributed by atoms with E-state index in [0.29, 0.717) is 42.3 Å². The number of carbonyl (C=O) groups excluding carboxylic acids is 1. The van der Waals surface area contributed by atoms with Gasteiger partial charge in [-0.25, -0.2) is 13.1 Å². The molecule has 2 heterocycles. The average Bonchev–Trinajstić information content (AvgIpc) is 3.18. The molecule has 140 valence electrons. The number of rotatable bonds is 6. The molecule has 1 aliphatic heterocycles. The summed E-state index contributed by atoms with van der Waals surface area (Å²) in [6.07, 6.45) is 1.21. The molecule has 2 aromatic rings. The first-order valence-corrected chi connectivity index (χ1v) is 10.8. The Hall–Kier alpha value is -1.74. The van der Waals surface area contributed by atoms with Crippen molar-refractivity contribution < 1.29 is 17.9 Å². The number of likely N-dealkylation sites (tertiary alicyclic amines) is 1. The minimum absolute atomic E-state index is 0.0254. The normalized spacial score (nSPS) is 16.0. The number of hydrogen-bond acceptors (Lipinski definition) is 5. The summed E-state index contributed by atoms with van der Waals surface area (Å²) in [5.74, 6) is -0.0254. The molecule has 1 aromatic carbocycles. The van der Waals surface area contributed by atoms with Crippen molar-refractivity contribution in [2.75, 3.05) is 20.2 Å². The van der Waals surface area contributed by atoms with Crippen LogP contribution in [0, 0.1) is 0 Å². The summed E-state index contributed by atoms with van der Waals surface area (Å²) in [6.45, 7) is 1.53. The van der Waals surface area contributed by atoms with Crippen LogP contribution in [0.2, 0.25) is 0 Å². The molecule has 6 nitrogen and oxygen atoms in total. The maximum absolute atomic E-state index is 12.7. The molecule has 0 saturated carbocycles. The largest absolute Gasteiger partial charge is 0.380 e. The van der Waals surface area contributed by atoms with Crippen molar-refractivity contribution in [1.29, 1.82) is 0 Å². The molecule has 1 aromatic heterocycles. The van der Waals surface area contributed by atoms with E-state index >= 15 is 0 Å². The second-order valence-electron chi connectivity index (χ2n) is 6.25. The van der Waals surface area contributed by atoms with E-state index in [9.17, 15) is 13.2 Å². The van der Waals surface area contributed by atoms with Crippen LogP contribution < -0.4 is 4.72 Å². The van der Waals surface area contributed by atoms with Crippen molar-refractivity contribution in [3.63, 3.8) is 0 Å². The quantitative estimate of drug-likeness (QED) is 0.817. The van der Waals surface area contributed by atoms with Crippen LogP contribution in [0.1, 0.15) is 28.8 Å². The first kappa shape index (κ1) is 19.0. The summed E-state index contributed by atoms with van der Waals surface area (Å²) >= 11 is 1.20. The van der Waals surface area contributed by atoms with Gasteiger partial charge in [0.25, 0.3) is 5.91 Å². The highest BCUT2D eigenvalue weighted by Gasteiger charge is 2.27. The van der Waals surface area contributed by atoms with Crippen molar-refractivity contribution in [2.45, 2.75) is 29.7 Å². The van der Waals surface area contributed by atoms with E-state index in [1.165, 1.54) is 11.3 Å². The molecular weight excluding hydrogens is 372 g/mol. The van der Waals surface area contributed by atoms with Crippen LogP contribution in [-0.2, 0) is 21.4 Å². The zero-order valence-electron chi connectivity index (χ0n) is 14.6. The fourth-order valence-electron chi connectivity index (χ4n) is 3.04. The standard InChI is InChI=1S/C18H22N2O4S2/c1-24-13-14-4-2-5-15(12-14)18(21)20-9-7-16(8-10-20)19-26(22,23)17-6-3-11-25-17/h2-6,11-12,16,19H,7-10,13H2,1H3. The smallest absolute Gasteiger partial charge is 0.253 e. The van der Waals surface area contributed by atoms with E-state index in [1.54, 1.807) is 35.6 Å². The fourth-order valence-corrected chi connectivity index (χ4v) is 5.35. The number of sulfonamides is 1. The molecule has 8 heteroatoms. The molecule has 0 bridgehead atoms. The van der Waals surface area contributed by atoms with Crippen LogP contribution in [0.5, 0.6) is 0 Å². The Labute approximate surface area is 157 Å². The predicted molar refractivity (Wildman–Crippen MR) is 101 cm³/mol. The minimum atomic E-state index is -3.47. The molecular formula is C18H22N2O4S2. The van der Waals surface area contributed by atoms with Crippen LogP contribution in [0.3, 0.4) is 0 Å². The highest BCUT2D eigenvalue weighted by atomic mass is 32.2. The van der Waals surface area contributed by atoms with Crippen molar-refractivity contribution in [1.82, 2.24) is 9.62 Å². The Bertz CT molecular complexity index is 842. The molecule has 0 atom stereocenters. The molecule has 3 rings (SSSR count). The number of amides is 1. The van der Waals surface area contributed by atoms with Gasteiger partial charge in [-0.2, -0.15) is 0 Å². The van der Waals surface area contributed by atoms with Crippen molar-refractivity contribution in [3.05, 3.63) is 52.9 Å². The number of nitrogens with one attached hydrogen (secondary N) is 1. The van der Waals surface area contributed by atoms with Crippen LogP contribution >= 0.6 is 11.3 Å². The lowest BCUT2D eigenvalue weighted by Gasteiger charge is -2.32. The number of benzene rings is 1. The van der Waals surface area contributed by atoms with Crippen LogP contribution in [-0.4, -0.2) is 45.5 Å². The Kier molecular flexibility index (Phi) is 6.08. The highest BCUT2D eigenvalue weighted by Crippen LogP contribution is 2.20. The van der Waals surface area contributed by atoms with Gasteiger partial charge in [-0.3, -0.25) is 4.79 Å². The van der Waals surface area contributed by atoms with Gasteiger partial charge < -0.3 is 9.64 Å². The van der Waals surface area contributed by atoms with E-state index < -0.39 is 10.0 Å². The third-order valence-electron chi connectivity index (χ3n) is 4.35. The number of thiophene rings is 1. The van der Waals surface area contributed by atoms with E-state index in [-0.39, 0.29) is 11.9 Å². The van der Waals surface area contributed by atoms with E-state index in [4.69, 9.17) is 4.74 Å². The molecule has 1 aliphatic rings. The average molecular weight is 395 g/mol. The van der Waals surface area contributed by atoms with Gasteiger partial charge in [0.1, 0.15) is 4.21 Å². The van der Waals surface area contributed by atoms with Crippen molar-refractivity contribution in [3.8, 4) is 0 Å². The minimum Gasteiger partial charge on any atom is -0.380 e. The number of piperidine rings is 1. The van der Waals surface area contributed by atoms with Crippen molar-refractivity contribution >= 4 is 27.3 Å². The second kappa shape index (κ2) is 8.30. The molecule has 0 aliphatic carbocycles. The number of carbonyl (C=O) groups is 1. The summed E-state index contributed by atoms with van der Waals surface area (Å²) in [5.41, 5.74) is 1.59. The fraction of sp³-hybridized carbons (Fsp3) is 0.389. The first-order chi connectivity index (χ1) is 12.5. The molecule has 1 fully saturated rings. The summed E-state index contributed by atoms with van der Waals surface area (Å²) in [4.78, 5) is 14.5. The van der Waals surface area contributed by atoms with Crippen molar-refractivity contribution in [2.24, 2.45) is 0 Å². The summed E-state index contributed by atoms with van der Waals surface area (Å²) in [6, 6.07) is 10.6. The van der Waals surface area contributed by atoms with Gasteiger partial charge in [0.05, 0.1) is 6.61 Å². The molecule has 1 N–H and O–H groups in total. The van der Waals surface area contributed by atoms with Gasteiger partial charge in [0.2, 0.25) is 10.0 Å². The van der Waals surface area contributed by atoms with E-state index in [0.717, 1.165) is 5.56 Å². The van der Waals surface area contributed by atoms with E-state index in [2.05, 4.69) is 4.72 Å². The van der Waals surface area contributed by atoms with Crippen LogP contribution in [0.4, 0.5) is 0 Å². The summed E-state index contributed by atoms with van der Waals surface area (Å²) in [5, 5.41) is 1.74. The van der Waals surface area contributed by atoms with Gasteiger partial charge in [0.15, 0.2) is 0 Å². The maximum atomic E-state index is 12.7. The second-order valence-corrected chi connectivity index (χ2v) is 9.14. The van der Waals surface area contributed by atoms with Crippen LogP contribution in [0.25, 0.3) is 0 Å². The number of nitrogens with zero attached hydrogens (tertiary/aromatic N) is 1. The van der Waals surface area contributed by atoms with Gasteiger partial charge in [-0.05, 0) is 42.0 Å². The Morgan fingerprint density at radius 2 is 2.04 bits per heavy atom. The topological polar surface area (TPSA) is 75.7 Å². The summed E-state index contributed by atoms with van der Waals surface area (Å²) < 4.78 is 32.8.